The van der Waals surface area contributed by atoms with E-state index in [0.29, 0.717) is 24.1 Å². The Balaban J connectivity index is 1.78. The van der Waals surface area contributed by atoms with Gasteiger partial charge in [-0.05, 0) is 67.3 Å². The van der Waals surface area contributed by atoms with Gasteiger partial charge in [-0.1, -0.05) is 54.6 Å². The number of hydrogen-bond donors (Lipinski definition) is 2. The van der Waals surface area contributed by atoms with Gasteiger partial charge in [-0.25, -0.2) is 0 Å². The molecule has 37 heavy (non-hydrogen) atoms. The van der Waals surface area contributed by atoms with Crippen molar-refractivity contribution in [3.63, 3.8) is 0 Å². The summed E-state index contributed by atoms with van der Waals surface area (Å²) in [5.41, 5.74) is 1.98. The average Bonchev–Trinajstić information content (AvgIpc) is 2.88. The van der Waals surface area contributed by atoms with E-state index in [9.17, 15) is 18.0 Å². The van der Waals surface area contributed by atoms with Crippen LogP contribution in [0.2, 0.25) is 0 Å². The zero-order chi connectivity index (χ0) is 26.5. The summed E-state index contributed by atoms with van der Waals surface area (Å²) in [6.45, 7) is 3.74. The summed E-state index contributed by atoms with van der Waals surface area (Å²) in [6.07, 6.45) is 3.97. The lowest BCUT2D eigenvalue weighted by molar-refractivity contribution is -0.137. The largest absolute Gasteiger partial charge is 0.416 e. The van der Waals surface area contributed by atoms with Crippen LogP contribution in [0.25, 0.3) is 0 Å². The molecule has 2 unspecified atom stereocenters. The van der Waals surface area contributed by atoms with Crippen LogP contribution in [0.5, 0.6) is 0 Å². The molecular formula is C30H30F3N3O. The van der Waals surface area contributed by atoms with Gasteiger partial charge >= 0.3 is 6.18 Å². The molecule has 3 aromatic rings. The molecule has 1 aliphatic carbocycles. The lowest BCUT2D eigenvalue weighted by Crippen LogP contribution is -2.49. The number of aryl methyl sites for hydroxylation is 1. The van der Waals surface area contributed by atoms with Crippen LogP contribution in [-0.2, 0) is 22.9 Å². The molecule has 0 saturated heterocycles. The highest BCUT2D eigenvalue weighted by atomic mass is 19.4. The Kier molecular flexibility index (Phi) is 7.93. The molecule has 0 bridgehead atoms. The SMILES string of the molecule is CC(=O)C1C=C(NCNC(Cc2ccccc2)(c2cccc(C(F)(F)F)c2)c2cc(C)ccn2)C=CC1. The number of carbonyl (C=O) groups excluding carboxylic acids is 1. The number of allylic oxidation sites excluding steroid dienone is 3. The third kappa shape index (κ3) is 6.35. The van der Waals surface area contributed by atoms with E-state index < -0.39 is 17.3 Å². The topological polar surface area (TPSA) is 54.0 Å². The fourth-order valence-corrected chi connectivity index (χ4v) is 4.61. The van der Waals surface area contributed by atoms with Crippen LogP contribution < -0.4 is 10.6 Å². The van der Waals surface area contributed by atoms with Gasteiger partial charge < -0.3 is 5.32 Å². The monoisotopic (exact) mass is 505 g/mol. The molecule has 0 fully saturated rings. The zero-order valence-corrected chi connectivity index (χ0v) is 20.8. The number of nitrogens with zero attached hydrogens (tertiary/aromatic N) is 1. The minimum Gasteiger partial charge on any atom is -0.373 e. The fourth-order valence-electron chi connectivity index (χ4n) is 4.61. The molecule has 0 saturated carbocycles. The first-order chi connectivity index (χ1) is 17.7. The summed E-state index contributed by atoms with van der Waals surface area (Å²) in [4.78, 5) is 16.5. The number of rotatable bonds is 9. The lowest BCUT2D eigenvalue weighted by atomic mass is 9.79. The van der Waals surface area contributed by atoms with Crippen molar-refractivity contribution in [1.82, 2.24) is 15.6 Å². The zero-order valence-electron chi connectivity index (χ0n) is 20.8. The van der Waals surface area contributed by atoms with E-state index in [1.165, 1.54) is 12.1 Å². The van der Waals surface area contributed by atoms with Crippen LogP contribution >= 0.6 is 0 Å². The Labute approximate surface area is 215 Å². The molecule has 4 rings (SSSR count). The summed E-state index contributed by atoms with van der Waals surface area (Å²) >= 11 is 0. The molecule has 4 nitrogen and oxygen atoms in total. The first kappa shape index (κ1) is 26.4. The highest BCUT2D eigenvalue weighted by Gasteiger charge is 2.38. The second-order valence-corrected chi connectivity index (χ2v) is 9.37. The minimum absolute atomic E-state index is 0.0861. The van der Waals surface area contributed by atoms with Crippen molar-refractivity contribution < 1.29 is 18.0 Å². The van der Waals surface area contributed by atoms with E-state index in [-0.39, 0.29) is 18.4 Å². The van der Waals surface area contributed by atoms with Gasteiger partial charge in [0.25, 0.3) is 0 Å². The van der Waals surface area contributed by atoms with Gasteiger partial charge in [-0.2, -0.15) is 13.2 Å². The van der Waals surface area contributed by atoms with Gasteiger partial charge in [0.2, 0.25) is 0 Å². The molecule has 0 spiro atoms. The molecule has 2 aromatic carbocycles. The second kappa shape index (κ2) is 11.1. The van der Waals surface area contributed by atoms with Crippen molar-refractivity contribution in [3.05, 3.63) is 125 Å². The Bertz CT molecular complexity index is 1300. The predicted molar refractivity (Wildman–Crippen MR) is 138 cm³/mol. The number of halogens is 3. The number of carbonyl (C=O) groups is 1. The van der Waals surface area contributed by atoms with Crippen molar-refractivity contribution >= 4 is 5.78 Å². The standard InChI is InChI=1S/C30H30F3N3O/c1-21-14-15-34-28(16-21)29(19-23-8-4-3-5-9-23,25-11-7-12-26(18-25)30(31,32)33)36-20-35-27-13-6-10-24(17-27)22(2)37/h3-9,11-18,24,35-36H,10,19-20H2,1-2H3. The van der Waals surface area contributed by atoms with Crippen molar-refractivity contribution in [2.45, 2.75) is 38.4 Å². The predicted octanol–water partition coefficient (Wildman–Crippen LogP) is 6.08. The lowest BCUT2D eigenvalue weighted by Gasteiger charge is -2.36. The number of nitrogens with one attached hydrogen (secondary N) is 2. The molecule has 0 radical (unpaired) electrons. The maximum Gasteiger partial charge on any atom is 0.416 e. The summed E-state index contributed by atoms with van der Waals surface area (Å²) in [6, 6.07) is 18.8. The Hall–Kier alpha value is -3.71. The molecule has 0 aliphatic heterocycles. The van der Waals surface area contributed by atoms with Crippen molar-refractivity contribution in [2.75, 3.05) is 6.67 Å². The van der Waals surface area contributed by atoms with Gasteiger partial charge in [0.05, 0.1) is 23.5 Å². The molecule has 2 N–H and O–H groups in total. The van der Waals surface area contributed by atoms with E-state index in [0.717, 1.165) is 22.9 Å². The number of aromatic nitrogens is 1. The van der Waals surface area contributed by atoms with E-state index in [1.54, 1.807) is 19.2 Å². The van der Waals surface area contributed by atoms with Gasteiger partial charge in [-0.15, -0.1) is 0 Å². The molecule has 0 amide bonds. The number of pyridine rings is 1. The average molecular weight is 506 g/mol. The van der Waals surface area contributed by atoms with Crippen LogP contribution in [0, 0.1) is 12.8 Å². The number of ketones is 1. The molecule has 7 heteroatoms. The fraction of sp³-hybridized carbons (Fsp3) is 0.267. The van der Waals surface area contributed by atoms with E-state index >= 15 is 0 Å². The van der Waals surface area contributed by atoms with Crippen molar-refractivity contribution in [3.8, 4) is 0 Å². The van der Waals surface area contributed by atoms with Crippen LogP contribution in [0.1, 0.15) is 41.3 Å². The minimum atomic E-state index is -4.48. The Morgan fingerprint density at radius 3 is 2.49 bits per heavy atom. The van der Waals surface area contributed by atoms with E-state index in [2.05, 4.69) is 15.6 Å². The highest BCUT2D eigenvalue weighted by Crippen LogP contribution is 2.37. The third-order valence-corrected chi connectivity index (χ3v) is 6.62. The highest BCUT2D eigenvalue weighted by molar-refractivity contribution is 5.80. The first-order valence-corrected chi connectivity index (χ1v) is 12.2. The van der Waals surface area contributed by atoms with Crippen LogP contribution in [-0.4, -0.2) is 17.4 Å². The van der Waals surface area contributed by atoms with Gasteiger partial charge in [-0.3, -0.25) is 15.1 Å². The summed E-state index contributed by atoms with van der Waals surface area (Å²) in [5, 5.41) is 6.82. The molecule has 192 valence electrons. The molecule has 1 heterocycles. The van der Waals surface area contributed by atoms with Crippen LogP contribution in [0.4, 0.5) is 13.2 Å². The number of alkyl halides is 3. The van der Waals surface area contributed by atoms with E-state index in [1.807, 2.05) is 67.6 Å². The summed E-state index contributed by atoms with van der Waals surface area (Å²) in [7, 11) is 0. The summed E-state index contributed by atoms with van der Waals surface area (Å²) < 4.78 is 41.3. The summed E-state index contributed by atoms with van der Waals surface area (Å²) in [5.74, 6) is -0.105. The van der Waals surface area contributed by atoms with Crippen molar-refractivity contribution in [2.24, 2.45) is 5.92 Å². The van der Waals surface area contributed by atoms with Crippen molar-refractivity contribution in [1.29, 1.82) is 0 Å². The number of Topliss-reactive ketones (excluding diaryl/α,β-unsaturated/α-hetero) is 1. The Morgan fingerprint density at radius 2 is 1.78 bits per heavy atom. The molecule has 1 aromatic heterocycles. The molecular weight excluding hydrogens is 475 g/mol. The van der Waals surface area contributed by atoms with Gasteiger partial charge in [0.15, 0.2) is 0 Å². The second-order valence-electron chi connectivity index (χ2n) is 9.37. The number of hydrogen-bond acceptors (Lipinski definition) is 4. The maximum absolute atomic E-state index is 13.8. The maximum atomic E-state index is 13.8. The molecule has 2 atom stereocenters. The number of benzene rings is 2. The smallest absolute Gasteiger partial charge is 0.373 e. The van der Waals surface area contributed by atoms with E-state index in [4.69, 9.17) is 0 Å². The normalized spacial score (nSPS) is 17.1. The molecule has 1 aliphatic rings. The Morgan fingerprint density at radius 1 is 1.03 bits per heavy atom. The van der Waals surface area contributed by atoms with Gasteiger partial charge in [0.1, 0.15) is 5.78 Å². The van der Waals surface area contributed by atoms with Crippen LogP contribution in [0.3, 0.4) is 0 Å². The third-order valence-electron chi connectivity index (χ3n) is 6.62. The van der Waals surface area contributed by atoms with Gasteiger partial charge in [0, 0.05) is 24.2 Å². The van der Waals surface area contributed by atoms with Crippen LogP contribution in [0.15, 0.2) is 96.9 Å². The quantitative estimate of drug-likeness (QED) is 0.346. The first-order valence-electron chi connectivity index (χ1n) is 12.2.